The molecule has 1 aromatic carbocycles. The molecule has 1 aliphatic heterocycles. The highest BCUT2D eigenvalue weighted by atomic mass is 19.4. The second-order valence-electron chi connectivity index (χ2n) is 6.35. The molecular weight excluding hydrogens is 349 g/mol. The number of rotatable bonds is 4. The molecule has 3 rings (SSSR count). The Morgan fingerprint density at radius 3 is 2.58 bits per heavy atom. The number of amides is 2. The first-order chi connectivity index (χ1) is 12.3. The number of fused-ring (bicyclic) bond motifs is 1. The number of benzene rings is 1. The van der Waals surface area contributed by atoms with E-state index in [0.717, 1.165) is 11.0 Å². The van der Waals surface area contributed by atoms with Crippen LogP contribution in [-0.2, 0) is 16.1 Å². The van der Waals surface area contributed by atoms with Crippen molar-refractivity contribution in [3.8, 4) is 0 Å². The topological polar surface area (TPSA) is 67.2 Å². The Labute approximate surface area is 148 Å². The van der Waals surface area contributed by atoms with E-state index >= 15 is 0 Å². The quantitative estimate of drug-likeness (QED) is 0.897. The zero-order valence-corrected chi connectivity index (χ0v) is 14.0. The van der Waals surface area contributed by atoms with Gasteiger partial charge in [-0.2, -0.15) is 13.2 Å². The van der Waals surface area contributed by atoms with Gasteiger partial charge in [0, 0.05) is 19.0 Å². The Hall–Kier alpha value is -2.58. The lowest BCUT2D eigenvalue weighted by Gasteiger charge is -2.31. The standard InChI is InChI=1S/C17H19F3N4O2/c18-17(19,20)10-21-16(26)12-5-7-23(8-6-12)15(25)9-24-11-22-13-3-1-2-4-14(13)24/h1-4,11-12H,5-10H2,(H,21,26). The number of nitrogens with zero attached hydrogens (tertiary/aromatic N) is 3. The third-order valence-corrected chi connectivity index (χ3v) is 4.51. The molecule has 2 amide bonds. The van der Waals surface area contributed by atoms with E-state index in [1.165, 1.54) is 0 Å². The van der Waals surface area contributed by atoms with Crippen LogP contribution < -0.4 is 5.32 Å². The van der Waals surface area contributed by atoms with Gasteiger partial charge in [-0.3, -0.25) is 9.59 Å². The van der Waals surface area contributed by atoms with Crippen molar-refractivity contribution in [3.63, 3.8) is 0 Å². The zero-order chi connectivity index (χ0) is 18.7. The molecule has 1 N–H and O–H groups in total. The number of carbonyl (C=O) groups excluding carboxylic acids is 2. The summed E-state index contributed by atoms with van der Waals surface area (Å²) in [5.74, 6) is -1.19. The van der Waals surface area contributed by atoms with Gasteiger partial charge in [0.05, 0.1) is 17.4 Å². The number of alkyl halides is 3. The average molecular weight is 368 g/mol. The number of likely N-dealkylation sites (tertiary alicyclic amines) is 1. The molecule has 0 radical (unpaired) electrons. The van der Waals surface area contributed by atoms with Crippen molar-refractivity contribution in [1.29, 1.82) is 0 Å². The molecule has 1 aromatic heterocycles. The third-order valence-electron chi connectivity index (χ3n) is 4.51. The predicted octanol–water partition coefficient (Wildman–Crippen LogP) is 1.95. The number of halogens is 3. The van der Waals surface area contributed by atoms with Crippen molar-refractivity contribution in [2.24, 2.45) is 5.92 Å². The van der Waals surface area contributed by atoms with Crippen LogP contribution in [0.15, 0.2) is 30.6 Å². The molecule has 1 aliphatic rings. The average Bonchev–Trinajstić information content (AvgIpc) is 3.02. The van der Waals surface area contributed by atoms with E-state index in [0.29, 0.717) is 25.9 Å². The summed E-state index contributed by atoms with van der Waals surface area (Å²) in [4.78, 5) is 30.1. The molecular formula is C17H19F3N4O2. The molecule has 0 bridgehead atoms. The third kappa shape index (κ3) is 4.33. The summed E-state index contributed by atoms with van der Waals surface area (Å²) in [6.45, 7) is -0.463. The maximum atomic E-state index is 12.5. The van der Waals surface area contributed by atoms with E-state index in [9.17, 15) is 22.8 Å². The number of hydrogen-bond donors (Lipinski definition) is 1. The molecule has 1 saturated heterocycles. The second-order valence-corrected chi connectivity index (χ2v) is 6.35. The van der Waals surface area contributed by atoms with Gasteiger partial charge in [0.2, 0.25) is 11.8 Å². The van der Waals surface area contributed by atoms with Crippen LogP contribution in [0.1, 0.15) is 12.8 Å². The number of nitrogens with one attached hydrogen (secondary N) is 1. The summed E-state index contributed by atoms with van der Waals surface area (Å²) >= 11 is 0. The van der Waals surface area contributed by atoms with Gasteiger partial charge in [-0.15, -0.1) is 0 Å². The number of hydrogen-bond acceptors (Lipinski definition) is 3. The van der Waals surface area contributed by atoms with Crippen LogP contribution >= 0.6 is 0 Å². The smallest absolute Gasteiger partial charge is 0.347 e. The molecule has 2 aromatic rings. The molecule has 26 heavy (non-hydrogen) atoms. The Kier molecular flexibility index (Phi) is 5.15. The lowest BCUT2D eigenvalue weighted by Crippen LogP contribution is -2.45. The van der Waals surface area contributed by atoms with E-state index < -0.39 is 24.5 Å². The van der Waals surface area contributed by atoms with Crippen LogP contribution in [0.3, 0.4) is 0 Å². The molecule has 140 valence electrons. The molecule has 0 spiro atoms. The number of carbonyl (C=O) groups is 2. The number of para-hydroxylation sites is 2. The highest BCUT2D eigenvalue weighted by Gasteiger charge is 2.31. The molecule has 0 atom stereocenters. The lowest BCUT2D eigenvalue weighted by atomic mass is 9.96. The maximum Gasteiger partial charge on any atom is 0.405 e. The predicted molar refractivity (Wildman–Crippen MR) is 88.1 cm³/mol. The zero-order valence-electron chi connectivity index (χ0n) is 14.0. The Morgan fingerprint density at radius 2 is 1.88 bits per heavy atom. The van der Waals surface area contributed by atoms with Gasteiger partial charge >= 0.3 is 6.18 Å². The van der Waals surface area contributed by atoms with Crippen LogP contribution in [-0.4, -0.2) is 52.1 Å². The highest BCUT2D eigenvalue weighted by Crippen LogP contribution is 2.20. The normalized spacial score (nSPS) is 16.0. The van der Waals surface area contributed by atoms with Crippen molar-refractivity contribution in [2.45, 2.75) is 25.6 Å². The Balaban J connectivity index is 1.51. The van der Waals surface area contributed by atoms with Gasteiger partial charge in [-0.05, 0) is 25.0 Å². The van der Waals surface area contributed by atoms with Gasteiger partial charge in [-0.25, -0.2) is 4.98 Å². The van der Waals surface area contributed by atoms with Crippen molar-refractivity contribution >= 4 is 22.8 Å². The van der Waals surface area contributed by atoms with E-state index in [1.54, 1.807) is 15.8 Å². The van der Waals surface area contributed by atoms with Gasteiger partial charge in [0.1, 0.15) is 13.1 Å². The van der Waals surface area contributed by atoms with E-state index in [1.807, 2.05) is 29.6 Å². The number of aromatic nitrogens is 2. The monoisotopic (exact) mass is 368 g/mol. The SMILES string of the molecule is O=C(NCC(F)(F)F)C1CCN(C(=O)Cn2cnc3ccccc32)CC1. The van der Waals surface area contributed by atoms with Crippen LogP contribution in [0.25, 0.3) is 11.0 Å². The minimum atomic E-state index is -4.42. The van der Waals surface area contributed by atoms with Crippen molar-refractivity contribution in [1.82, 2.24) is 19.8 Å². The lowest BCUT2D eigenvalue weighted by molar-refractivity contribution is -0.143. The fraction of sp³-hybridized carbons (Fsp3) is 0.471. The molecule has 9 heteroatoms. The van der Waals surface area contributed by atoms with Crippen molar-refractivity contribution in [2.75, 3.05) is 19.6 Å². The summed E-state index contributed by atoms with van der Waals surface area (Å²) in [5.41, 5.74) is 1.67. The van der Waals surface area contributed by atoms with Crippen LogP contribution in [0.4, 0.5) is 13.2 Å². The fourth-order valence-electron chi connectivity index (χ4n) is 3.10. The van der Waals surface area contributed by atoms with Crippen LogP contribution in [0, 0.1) is 5.92 Å². The van der Waals surface area contributed by atoms with Crippen molar-refractivity contribution in [3.05, 3.63) is 30.6 Å². The first-order valence-electron chi connectivity index (χ1n) is 8.35. The molecule has 0 saturated carbocycles. The van der Waals surface area contributed by atoms with Gasteiger partial charge in [-0.1, -0.05) is 12.1 Å². The molecule has 6 nitrogen and oxygen atoms in total. The fourth-order valence-corrected chi connectivity index (χ4v) is 3.10. The van der Waals surface area contributed by atoms with Crippen molar-refractivity contribution < 1.29 is 22.8 Å². The molecule has 0 unspecified atom stereocenters. The summed E-state index contributed by atoms with van der Waals surface area (Å²) < 4.78 is 38.3. The molecule has 0 aliphatic carbocycles. The van der Waals surface area contributed by atoms with Gasteiger partial charge < -0.3 is 14.8 Å². The first kappa shape index (κ1) is 18.2. The Bertz CT molecular complexity index is 795. The Morgan fingerprint density at radius 1 is 1.19 bits per heavy atom. The highest BCUT2D eigenvalue weighted by molar-refractivity contribution is 5.81. The van der Waals surface area contributed by atoms with Crippen LogP contribution in [0.2, 0.25) is 0 Å². The minimum Gasteiger partial charge on any atom is -0.347 e. The summed E-state index contributed by atoms with van der Waals surface area (Å²) in [6, 6.07) is 7.49. The number of imidazole rings is 1. The van der Waals surface area contributed by atoms with Crippen LogP contribution in [0.5, 0.6) is 0 Å². The largest absolute Gasteiger partial charge is 0.405 e. The van der Waals surface area contributed by atoms with Gasteiger partial charge in [0.15, 0.2) is 0 Å². The minimum absolute atomic E-state index is 0.0951. The van der Waals surface area contributed by atoms with E-state index in [2.05, 4.69) is 4.98 Å². The molecule has 1 fully saturated rings. The van der Waals surface area contributed by atoms with E-state index in [-0.39, 0.29) is 12.5 Å². The summed E-state index contributed by atoms with van der Waals surface area (Å²) in [7, 11) is 0. The first-order valence-corrected chi connectivity index (χ1v) is 8.35. The summed E-state index contributed by atoms with van der Waals surface area (Å²) in [6.07, 6.45) is -2.08. The maximum absolute atomic E-state index is 12.5. The van der Waals surface area contributed by atoms with E-state index in [4.69, 9.17) is 0 Å². The number of piperidine rings is 1. The molecule has 2 heterocycles. The summed E-state index contributed by atoms with van der Waals surface area (Å²) in [5, 5.41) is 1.91. The van der Waals surface area contributed by atoms with Gasteiger partial charge in [0.25, 0.3) is 0 Å². The second kappa shape index (κ2) is 7.35.